The second-order valence-corrected chi connectivity index (χ2v) is 3.49. The molecule has 2 nitrogen and oxygen atoms in total. The fourth-order valence-corrected chi connectivity index (χ4v) is 1.56. The van der Waals surface area contributed by atoms with Crippen LogP contribution in [0.1, 0.15) is 26.2 Å². The van der Waals surface area contributed by atoms with Gasteiger partial charge in [-0.25, -0.2) is 0 Å². The number of aldehydes is 1. The highest BCUT2D eigenvalue weighted by Crippen LogP contribution is 2.25. The Morgan fingerprint density at radius 1 is 1.43 bits per heavy atom. The van der Waals surface area contributed by atoms with Crippen LogP contribution in [0, 0.1) is 0 Å². The molecule has 1 aliphatic carbocycles. The van der Waals surface area contributed by atoms with Crippen molar-refractivity contribution in [1.82, 2.24) is 0 Å². The first-order valence-electron chi connectivity index (χ1n) is 4.91. The van der Waals surface area contributed by atoms with E-state index in [9.17, 15) is 4.79 Å². The summed E-state index contributed by atoms with van der Waals surface area (Å²) in [6.45, 7) is 2.00. The van der Waals surface area contributed by atoms with Crippen molar-refractivity contribution in [3.63, 3.8) is 0 Å². The molecule has 0 fully saturated rings. The number of hydrogen-bond acceptors (Lipinski definition) is 2. The predicted molar refractivity (Wildman–Crippen MR) is 56.9 cm³/mol. The molecule has 76 valence electrons. The third-order valence-corrected chi connectivity index (χ3v) is 2.41. The zero-order valence-corrected chi connectivity index (χ0v) is 8.49. The Hall–Kier alpha value is -1.15. The molecule has 0 amide bonds. The second kappa shape index (κ2) is 5.55. The van der Waals surface area contributed by atoms with Crippen LogP contribution < -0.4 is 0 Å². The molecule has 1 aliphatic rings. The van der Waals surface area contributed by atoms with Gasteiger partial charge in [0.05, 0.1) is 6.61 Å². The standard InChI is InChI=1S/C12H16O2/c1-10(7-8-13)5-6-11-3-2-4-12(11)9-14/h5-7,9,13H,2-4,8H2,1H3/b6-5+,10-7+. The minimum absolute atomic E-state index is 0.0652. The third-order valence-electron chi connectivity index (χ3n) is 2.41. The molecule has 0 aliphatic heterocycles. The average Bonchev–Trinajstić information content (AvgIpc) is 2.62. The van der Waals surface area contributed by atoms with Crippen molar-refractivity contribution in [2.75, 3.05) is 6.61 Å². The van der Waals surface area contributed by atoms with Crippen LogP contribution in [-0.2, 0) is 4.79 Å². The molecule has 0 aromatic rings. The molecule has 0 spiro atoms. The lowest BCUT2D eigenvalue weighted by atomic mass is 10.1. The van der Waals surface area contributed by atoms with Crippen LogP contribution in [0.4, 0.5) is 0 Å². The van der Waals surface area contributed by atoms with Crippen molar-refractivity contribution in [3.05, 3.63) is 34.9 Å². The van der Waals surface area contributed by atoms with Crippen LogP contribution in [0.3, 0.4) is 0 Å². The van der Waals surface area contributed by atoms with Crippen molar-refractivity contribution in [2.45, 2.75) is 26.2 Å². The lowest BCUT2D eigenvalue weighted by molar-refractivity contribution is -0.105. The minimum Gasteiger partial charge on any atom is -0.392 e. The summed E-state index contributed by atoms with van der Waals surface area (Å²) in [5.41, 5.74) is 3.10. The van der Waals surface area contributed by atoms with Crippen molar-refractivity contribution in [1.29, 1.82) is 0 Å². The number of carbonyl (C=O) groups excluding carboxylic acids is 1. The molecule has 0 atom stereocenters. The van der Waals surface area contributed by atoms with E-state index in [1.165, 1.54) is 0 Å². The maximum Gasteiger partial charge on any atom is 0.146 e. The van der Waals surface area contributed by atoms with E-state index in [0.717, 1.165) is 42.3 Å². The van der Waals surface area contributed by atoms with Crippen LogP contribution in [0.5, 0.6) is 0 Å². The SMILES string of the molecule is CC(/C=C/C1=C(C=O)CCC1)=C\CO. The highest BCUT2D eigenvalue weighted by Gasteiger charge is 2.10. The Kier molecular flexibility index (Phi) is 4.33. The van der Waals surface area contributed by atoms with Gasteiger partial charge in [-0.3, -0.25) is 4.79 Å². The summed E-state index contributed by atoms with van der Waals surface area (Å²) < 4.78 is 0. The Bertz CT molecular complexity index is 295. The van der Waals surface area contributed by atoms with Crippen LogP contribution in [0.15, 0.2) is 34.9 Å². The Balaban J connectivity index is 2.68. The molecule has 0 unspecified atom stereocenters. The number of allylic oxidation sites excluding steroid dienone is 5. The molecule has 0 radical (unpaired) electrons. The first-order valence-corrected chi connectivity index (χ1v) is 4.91. The van der Waals surface area contributed by atoms with E-state index in [4.69, 9.17) is 5.11 Å². The van der Waals surface area contributed by atoms with E-state index in [0.29, 0.717) is 0 Å². The predicted octanol–water partition coefficient (Wildman–Crippen LogP) is 2.16. The van der Waals surface area contributed by atoms with E-state index in [1.807, 2.05) is 19.1 Å². The molecular formula is C12H16O2. The zero-order chi connectivity index (χ0) is 10.4. The molecule has 0 heterocycles. The lowest BCUT2D eigenvalue weighted by Crippen LogP contribution is -1.82. The monoisotopic (exact) mass is 192 g/mol. The summed E-state index contributed by atoms with van der Waals surface area (Å²) >= 11 is 0. The van der Waals surface area contributed by atoms with Gasteiger partial charge in [0.25, 0.3) is 0 Å². The van der Waals surface area contributed by atoms with Crippen LogP contribution in [0.2, 0.25) is 0 Å². The van der Waals surface area contributed by atoms with Gasteiger partial charge in [0.15, 0.2) is 0 Å². The van der Waals surface area contributed by atoms with Gasteiger partial charge in [0.2, 0.25) is 0 Å². The smallest absolute Gasteiger partial charge is 0.146 e. The topological polar surface area (TPSA) is 37.3 Å². The fraction of sp³-hybridized carbons (Fsp3) is 0.417. The summed E-state index contributed by atoms with van der Waals surface area (Å²) in [6.07, 6.45) is 9.61. The number of aliphatic hydroxyl groups excluding tert-OH is 1. The van der Waals surface area contributed by atoms with Gasteiger partial charge in [-0.15, -0.1) is 0 Å². The molecule has 0 saturated carbocycles. The quantitative estimate of drug-likeness (QED) is 0.547. The van der Waals surface area contributed by atoms with Gasteiger partial charge in [-0.2, -0.15) is 0 Å². The second-order valence-electron chi connectivity index (χ2n) is 3.49. The van der Waals surface area contributed by atoms with Gasteiger partial charge in [0, 0.05) is 0 Å². The first-order chi connectivity index (χ1) is 6.77. The van der Waals surface area contributed by atoms with E-state index < -0.39 is 0 Å². The number of hydrogen-bond donors (Lipinski definition) is 1. The van der Waals surface area contributed by atoms with Crippen molar-refractivity contribution in [2.24, 2.45) is 0 Å². The van der Waals surface area contributed by atoms with Crippen LogP contribution in [0.25, 0.3) is 0 Å². The average molecular weight is 192 g/mol. The van der Waals surface area contributed by atoms with E-state index >= 15 is 0 Å². The Morgan fingerprint density at radius 3 is 2.79 bits per heavy atom. The number of aliphatic hydroxyl groups is 1. The molecule has 0 aromatic carbocycles. The maximum atomic E-state index is 10.6. The highest BCUT2D eigenvalue weighted by atomic mass is 16.2. The molecule has 0 saturated heterocycles. The van der Waals surface area contributed by atoms with Crippen molar-refractivity contribution < 1.29 is 9.90 Å². The summed E-state index contributed by atoms with van der Waals surface area (Å²) in [7, 11) is 0. The normalized spacial score (nSPS) is 18.3. The van der Waals surface area contributed by atoms with Gasteiger partial charge in [0.1, 0.15) is 6.29 Å². The van der Waals surface area contributed by atoms with Crippen LogP contribution in [-0.4, -0.2) is 18.0 Å². The van der Waals surface area contributed by atoms with Gasteiger partial charge >= 0.3 is 0 Å². The minimum atomic E-state index is 0.0652. The van der Waals surface area contributed by atoms with E-state index in [1.54, 1.807) is 6.08 Å². The lowest BCUT2D eigenvalue weighted by Gasteiger charge is -1.94. The Labute approximate surface area is 84.6 Å². The third kappa shape index (κ3) is 2.96. The summed E-state index contributed by atoms with van der Waals surface area (Å²) in [5, 5.41) is 8.65. The molecule has 1 N–H and O–H groups in total. The molecular weight excluding hydrogens is 176 g/mol. The fourth-order valence-electron chi connectivity index (χ4n) is 1.56. The molecule has 2 heteroatoms. The summed E-state index contributed by atoms with van der Waals surface area (Å²) in [6, 6.07) is 0. The van der Waals surface area contributed by atoms with Crippen molar-refractivity contribution in [3.8, 4) is 0 Å². The first kappa shape index (κ1) is 10.9. The molecule has 1 rings (SSSR count). The number of carbonyl (C=O) groups is 1. The number of rotatable bonds is 4. The Morgan fingerprint density at radius 2 is 2.14 bits per heavy atom. The summed E-state index contributed by atoms with van der Waals surface area (Å²) in [4.78, 5) is 10.6. The van der Waals surface area contributed by atoms with Gasteiger partial charge in [-0.05, 0) is 37.3 Å². The zero-order valence-electron chi connectivity index (χ0n) is 8.49. The van der Waals surface area contributed by atoms with Crippen molar-refractivity contribution >= 4 is 6.29 Å². The molecule has 0 bridgehead atoms. The summed E-state index contributed by atoms with van der Waals surface area (Å²) in [5.74, 6) is 0. The van der Waals surface area contributed by atoms with Gasteiger partial charge in [-0.1, -0.05) is 23.8 Å². The maximum absolute atomic E-state index is 10.6. The van der Waals surface area contributed by atoms with Gasteiger partial charge < -0.3 is 5.11 Å². The highest BCUT2D eigenvalue weighted by molar-refractivity contribution is 5.76. The molecule has 14 heavy (non-hydrogen) atoms. The van der Waals surface area contributed by atoms with Crippen LogP contribution >= 0.6 is 0 Å². The van der Waals surface area contributed by atoms with E-state index in [2.05, 4.69) is 0 Å². The largest absolute Gasteiger partial charge is 0.392 e. The van der Waals surface area contributed by atoms with E-state index in [-0.39, 0.29) is 6.61 Å². The molecule has 0 aromatic heterocycles.